The first-order valence-electron chi connectivity index (χ1n) is 5.81. The summed E-state index contributed by atoms with van der Waals surface area (Å²) in [5.41, 5.74) is 1.12. The molecule has 0 aliphatic rings. The Bertz CT molecular complexity index is 421. The lowest BCUT2D eigenvalue weighted by Crippen LogP contribution is -2.25. The lowest BCUT2D eigenvalue weighted by atomic mass is 10.2. The second kappa shape index (κ2) is 7.26. The summed E-state index contributed by atoms with van der Waals surface area (Å²) in [5.74, 6) is -0.155. The summed E-state index contributed by atoms with van der Waals surface area (Å²) >= 11 is 0. The van der Waals surface area contributed by atoms with Crippen LogP contribution < -0.4 is 10.6 Å². The van der Waals surface area contributed by atoms with Crippen molar-refractivity contribution in [2.24, 2.45) is 0 Å². The second-order valence-electron chi connectivity index (χ2n) is 3.47. The molecular weight excluding hydrogens is 234 g/mol. The third-order valence-electron chi connectivity index (χ3n) is 2.11. The molecule has 6 heteroatoms. The number of nitrogens with one attached hydrogen (secondary N) is 2. The molecule has 0 fully saturated rings. The van der Waals surface area contributed by atoms with E-state index < -0.39 is 6.09 Å². The van der Waals surface area contributed by atoms with E-state index in [0.29, 0.717) is 24.4 Å². The van der Waals surface area contributed by atoms with Crippen LogP contribution in [-0.2, 0) is 11.3 Å². The van der Waals surface area contributed by atoms with Crippen molar-refractivity contribution in [3.05, 3.63) is 29.6 Å². The molecule has 0 unspecified atom stereocenters. The smallest absolute Gasteiger partial charge is 0.407 e. The molecular formula is C12H17N3O3. The van der Waals surface area contributed by atoms with Crippen LogP contribution in [0.15, 0.2) is 18.3 Å². The quantitative estimate of drug-likeness (QED) is 0.820. The van der Waals surface area contributed by atoms with Gasteiger partial charge in [0, 0.05) is 18.3 Å². The number of amides is 2. The lowest BCUT2D eigenvalue weighted by Gasteiger charge is -2.06. The molecule has 0 aliphatic heterocycles. The first kappa shape index (κ1) is 14.0. The monoisotopic (exact) mass is 251 g/mol. The lowest BCUT2D eigenvalue weighted by molar-refractivity contribution is 0.0955. The summed E-state index contributed by atoms with van der Waals surface area (Å²) < 4.78 is 4.72. The van der Waals surface area contributed by atoms with Crippen LogP contribution in [0.5, 0.6) is 0 Å². The zero-order valence-corrected chi connectivity index (χ0v) is 10.5. The van der Waals surface area contributed by atoms with Gasteiger partial charge in [-0.05, 0) is 26.0 Å². The molecule has 18 heavy (non-hydrogen) atoms. The zero-order valence-electron chi connectivity index (χ0n) is 10.5. The molecule has 1 aromatic heterocycles. The highest BCUT2D eigenvalue weighted by atomic mass is 16.5. The molecule has 2 amide bonds. The Morgan fingerprint density at radius 3 is 2.78 bits per heavy atom. The predicted molar refractivity (Wildman–Crippen MR) is 66.1 cm³/mol. The van der Waals surface area contributed by atoms with E-state index in [9.17, 15) is 9.59 Å². The fourth-order valence-corrected chi connectivity index (χ4v) is 1.32. The molecule has 0 aliphatic carbocycles. The van der Waals surface area contributed by atoms with E-state index in [4.69, 9.17) is 4.74 Å². The molecule has 0 bridgehead atoms. The molecule has 0 aromatic carbocycles. The summed E-state index contributed by atoms with van der Waals surface area (Å²) in [4.78, 5) is 26.7. The normalized spacial score (nSPS) is 9.67. The van der Waals surface area contributed by atoms with Crippen molar-refractivity contribution in [1.29, 1.82) is 0 Å². The van der Waals surface area contributed by atoms with Crippen LogP contribution >= 0.6 is 0 Å². The van der Waals surface area contributed by atoms with Crippen LogP contribution in [0.25, 0.3) is 0 Å². The van der Waals surface area contributed by atoms with Gasteiger partial charge in [-0.1, -0.05) is 0 Å². The first-order valence-corrected chi connectivity index (χ1v) is 5.81. The number of carbonyl (C=O) groups is 2. The van der Waals surface area contributed by atoms with E-state index >= 15 is 0 Å². The summed E-state index contributed by atoms with van der Waals surface area (Å²) in [5, 5.41) is 5.24. The minimum atomic E-state index is -0.497. The number of aromatic nitrogens is 1. The number of pyridine rings is 1. The van der Waals surface area contributed by atoms with Gasteiger partial charge in [-0.25, -0.2) is 4.79 Å². The largest absolute Gasteiger partial charge is 0.450 e. The third kappa shape index (κ3) is 4.40. The van der Waals surface area contributed by atoms with Crippen LogP contribution in [-0.4, -0.2) is 30.1 Å². The van der Waals surface area contributed by atoms with Crippen LogP contribution in [0.4, 0.5) is 4.79 Å². The Kier molecular flexibility index (Phi) is 5.63. The molecule has 2 N–H and O–H groups in total. The van der Waals surface area contributed by atoms with Crippen LogP contribution in [0.3, 0.4) is 0 Å². The van der Waals surface area contributed by atoms with Gasteiger partial charge in [0.15, 0.2) is 0 Å². The fraction of sp³-hybridized carbons (Fsp3) is 0.417. The molecule has 0 spiro atoms. The standard InChI is InChI=1S/C12H17N3O3/c1-3-13-11(16)9-5-6-14-10(7-9)8-15-12(17)18-4-2/h5-7H,3-4,8H2,1-2H3,(H,13,16)(H,15,17). The molecule has 1 rings (SSSR count). The second-order valence-corrected chi connectivity index (χ2v) is 3.47. The Hall–Kier alpha value is -2.11. The van der Waals surface area contributed by atoms with Crippen molar-refractivity contribution in [3.63, 3.8) is 0 Å². The number of alkyl carbamates (subject to hydrolysis) is 1. The molecule has 1 heterocycles. The molecule has 0 saturated heterocycles. The maximum atomic E-state index is 11.6. The topological polar surface area (TPSA) is 80.3 Å². The summed E-state index contributed by atoms with van der Waals surface area (Å²) in [6.45, 7) is 4.69. The molecule has 1 aromatic rings. The third-order valence-corrected chi connectivity index (χ3v) is 2.11. The SMILES string of the molecule is CCNC(=O)c1ccnc(CNC(=O)OCC)c1. The zero-order chi connectivity index (χ0) is 13.4. The van der Waals surface area contributed by atoms with Gasteiger partial charge in [-0.3, -0.25) is 9.78 Å². The van der Waals surface area contributed by atoms with E-state index in [1.54, 1.807) is 19.1 Å². The molecule has 98 valence electrons. The molecule has 0 atom stereocenters. The highest BCUT2D eigenvalue weighted by Crippen LogP contribution is 2.01. The Morgan fingerprint density at radius 2 is 2.11 bits per heavy atom. The average Bonchev–Trinajstić information content (AvgIpc) is 2.37. The van der Waals surface area contributed by atoms with E-state index in [1.807, 2.05) is 6.92 Å². The Balaban J connectivity index is 2.59. The van der Waals surface area contributed by atoms with E-state index in [-0.39, 0.29) is 12.5 Å². The van der Waals surface area contributed by atoms with Gasteiger partial charge in [-0.2, -0.15) is 0 Å². The number of hydrogen-bond donors (Lipinski definition) is 2. The van der Waals surface area contributed by atoms with Crippen LogP contribution in [0.2, 0.25) is 0 Å². The van der Waals surface area contributed by atoms with Crippen molar-refractivity contribution in [2.45, 2.75) is 20.4 Å². The number of ether oxygens (including phenoxy) is 1. The summed E-state index contributed by atoms with van der Waals surface area (Å²) in [6.07, 6.45) is 1.04. The van der Waals surface area contributed by atoms with Gasteiger partial charge < -0.3 is 15.4 Å². The number of nitrogens with zero attached hydrogens (tertiary/aromatic N) is 1. The van der Waals surface area contributed by atoms with Crippen molar-refractivity contribution in [2.75, 3.05) is 13.2 Å². The minimum Gasteiger partial charge on any atom is -0.450 e. The van der Waals surface area contributed by atoms with E-state index in [2.05, 4.69) is 15.6 Å². The number of hydrogen-bond acceptors (Lipinski definition) is 4. The maximum Gasteiger partial charge on any atom is 0.407 e. The van der Waals surface area contributed by atoms with Gasteiger partial charge >= 0.3 is 6.09 Å². The highest BCUT2D eigenvalue weighted by Gasteiger charge is 2.06. The Labute approximate surface area is 106 Å². The van der Waals surface area contributed by atoms with Crippen molar-refractivity contribution >= 4 is 12.0 Å². The van der Waals surface area contributed by atoms with Crippen molar-refractivity contribution in [1.82, 2.24) is 15.6 Å². The van der Waals surface area contributed by atoms with Gasteiger partial charge in [-0.15, -0.1) is 0 Å². The predicted octanol–water partition coefficient (Wildman–Crippen LogP) is 1.08. The molecule has 6 nitrogen and oxygen atoms in total. The summed E-state index contributed by atoms with van der Waals surface area (Å²) in [6, 6.07) is 3.26. The van der Waals surface area contributed by atoms with Crippen molar-refractivity contribution < 1.29 is 14.3 Å². The number of rotatable bonds is 5. The Morgan fingerprint density at radius 1 is 1.33 bits per heavy atom. The number of carbonyl (C=O) groups excluding carboxylic acids is 2. The first-order chi connectivity index (χ1) is 8.67. The summed E-state index contributed by atoms with van der Waals surface area (Å²) in [7, 11) is 0. The van der Waals surface area contributed by atoms with E-state index in [0.717, 1.165) is 0 Å². The van der Waals surface area contributed by atoms with Gasteiger partial charge in [0.1, 0.15) is 0 Å². The van der Waals surface area contributed by atoms with Crippen LogP contribution in [0, 0.1) is 0 Å². The van der Waals surface area contributed by atoms with Crippen LogP contribution in [0.1, 0.15) is 29.9 Å². The average molecular weight is 251 g/mol. The molecule has 0 radical (unpaired) electrons. The molecule has 0 saturated carbocycles. The van der Waals surface area contributed by atoms with E-state index in [1.165, 1.54) is 6.20 Å². The minimum absolute atomic E-state index is 0.155. The fourth-order valence-electron chi connectivity index (χ4n) is 1.32. The van der Waals surface area contributed by atoms with Crippen molar-refractivity contribution in [3.8, 4) is 0 Å². The maximum absolute atomic E-state index is 11.6. The van der Waals surface area contributed by atoms with Gasteiger partial charge in [0.05, 0.1) is 18.8 Å². The van der Waals surface area contributed by atoms with Gasteiger partial charge in [0.2, 0.25) is 0 Å². The highest BCUT2D eigenvalue weighted by molar-refractivity contribution is 5.94. The van der Waals surface area contributed by atoms with Gasteiger partial charge in [0.25, 0.3) is 5.91 Å².